The number of aliphatic hydroxyl groups is 1. The number of hydrogen-bond donors (Lipinski definition) is 4. The summed E-state index contributed by atoms with van der Waals surface area (Å²) < 4.78 is 18.0. The first-order valence-corrected chi connectivity index (χ1v) is 13.0. The molecule has 0 fully saturated rings. The molecule has 0 bridgehead atoms. The molecule has 11 heteroatoms. The smallest absolute Gasteiger partial charge is 0.161 e. The minimum Gasteiger partial charge on any atom is -0.373 e. The van der Waals surface area contributed by atoms with Crippen molar-refractivity contribution in [2.24, 2.45) is 0 Å². The molecule has 5 heterocycles. The quantitative estimate of drug-likeness (QED) is 0.203. The Bertz CT molecular complexity index is 2010. The minimum atomic E-state index is -0.848. The van der Waals surface area contributed by atoms with Gasteiger partial charge < -0.3 is 20.0 Å². The van der Waals surface area contributed by atoms with E-state index in [1.165, 1.54) is 12.4 Å². The summed E-state index contributed by atoms with van der Waals surface area (Å²) in [4.78, 5) is 21.0. The number of imidazole rings is 2. The van der Waals surface area contributed by atoms with Gasteiger partial charge in [0, 0.05) is 24.4 Å². The average molecular weight is 546 g/mol. The predicted molar refractivity (Wildman–Crippen MR) is 154 cm³/mol. The molecule has 10 nitrogen and oxygen atoms in total. The lowest BCUT2D eigenvalue weighted by Crippen LogP contribution is -2.21. The molecule has 2 aromatic carbocycles. The zero-order valence-electron chi connectivity index (χ0n) is 21.9. The summed E-state index contributed by atoms with van der Waals surface area (Å²) >= 11 is 0. The number of aromatic amines is 2. The monoisotopic (exact) mass is 545 g/mol. The Morgan fingerprint density at radius 2 is 1.88 bits per heavy atom. The number of benzene rings is 2. The highest BCUT2D eigenvalue weighted by Gasteiger charge is 2.21. The average Bonchev–Trinajstić information content (AvgIpc) is 3.72. The maximum atomic E-state index is 16.1. The highest BCUT2D eigenvalue weighted by atomic mass is 19.1. The molecule has 4 N–H and O–H groups in total. The van der Waals surface area contributed by atoms with Crippen molar-refractivity contribution in [1.82, 2.24) is 39.7 Å². The summed E-state index contributed by atoms with van der Waals surface area (Å²) in [6.45, 7) is 1.92. The fraction of sp³-hybridized carbons (Fsp3) is 0.100. The van der Waals surface area contributed by atoms with E-state index >= 15 is 4.39 Å². The molecule has 0 aliphatic heterocycles. The number of rotatable bonds is 7. The lowest BCUT2D eigenvalue weighted by atomic mass is 10.1. The zero-order valence-corrected chi connectivity index (χ0v) is 21.9. The number of para-hydroxylation sites is 1. The van der Waals surface area contributed by atoms with E-state index in [-0.39, 0.29) is 11.1 Å². The Labute approximate surface area is 233 Å². The molecular formula is C30H24FN9O. The van der Waals surface area contributed by atoms with Gasteiger partial charge in [0.05, 0.1) is 52.2 Å². The van der Waals surface area contributed by atoms with Crippen molar-refractivity contribution in [2.45, 2.75) is 19.6 Å². The molecule has 0 aliphatic rings. The number of halogens is 1. The summed E-state index contributed by atoms with van der Waals surface area (Å²) in [7, 11) is 0. The van der Waals surface area contributed by atoms with Gasteiger partial charge in [0.15, 0.2) is 11.6 Å². The van der Waals surface area contributed by atoms with Crippen molar-refractivity contribution >= 4 is 27.6 Å². The van der Waals surface area contributed by atoms with E-state index in [0.29, 0.717) is 40.2 Å². The molecule has 7 aromatic rings. The third-order valence-corrected chi connectivity index (χ3v) is 6.87. The Hall–Kier alpha value is -5.42. The number of aliphatic hydroxyl groups excluding tert-OH is 1. The number of nitrogens with one attached hydrogen (secondary N) is 3. The topological polar surface area (TPSA) is 133 Å². The van der Waals surface area contributed by atoms with E-state index < -0.39 is 12.0 Å². The molecule has 0 aliphatic carbocycles. The Morgan fingerprint density at radius 3 is 2.71 bits per heavy atom. The van der Waals surface area contributed by atoms with E-state index in [1.807, 2.05) is 66.2 Å². The molecule has 0 saturated heterocycles. The van der Waals surface area contributed by atoms with Crippen molar-refractivity contribution < 1.29 is 9.50 Å². The zero-order chi connectivity index (χ0) is 27.9. The second-order valence-electron chi connectivity index (χ2n) is 9.77. The Kier molecular flexibility index (Phi) is 5.98. The van der Waals surface area contributed by atoms with Crippen LogP contribution in [-0.2, 0) is 6.42 Å². The summed E-state index contributed by atoms with van der Waals surface area (Å²) in [6, 6.07) is 17.1. The van der Waals surface area contributed by atoms with Crippen molar-refractivity contribution in [3.63, 3.8) is 0 Å². The number of pyridine rings is 2. The second-order valence-corrected chi connectivity index (χ2v) is 9.77. The van der Waals surface area contributed by atoms with E-state index in [1.54, 1.807) is 18.6 Å². The van der Waals surface area contributed by atoms with E-state index in [4.69, 9.17) is 4.98 Å². The summed E-state index contributed by atoms with van der Waals surface area (Å²) in [5.41, 5.74) is 6.10. The first-order valence-electron chi connectivity index (χ1n) is 13.0. The second kappa shape index (κ2) is 9.96. The third-order valence-electron chi connectivity index (χ3n) is 6.87. The number of aromatic nitrogens is 8. The number of nitrogens with zero attached hydrogens (tertiary/aromatic N) is 6. The first kappa shape index (κ1) is 24.6. The fourth-order valence-corrected chi connectivity index (χ4v) is 4.97. The van der Waals surface area contributed by atoms with E-state index in [0.717, 1.165) is 22.5 Å². The molecule has 202 valence electrons. The van der Waals surface area contributed by atoms with Gasteiger partial charge in [-0.3, -0.25) is 15.1 Å². The van der Waals surface area contributed by atoms with Crippen LogP contribution in [0.25, 0.3) is 50.4 Å². The Balaban J connectivity index is 1.24. The number of hydrogen-bond acceptors (Lipinski definition) is 7. The molecule has 7 rings (SSSR count). The van der Waals surface area contributed by atoms with Crippen LogP contribution in [0, 0.1) is 12.7 Å². The molecule has 1 unspecified atom stereocenters. The van der Waals surface area contributed by atoms with E-state index in [9.17, 15) is 5.11 Å². The van der Waals surface area contributed by atoms with Crippen LogP contribution in [0.5, 0.6) is 0 Å². The normalized spacial score (nSPS) is 12.3. The van der Waals surface area contributed by atoms with Gasteiger partial charge in [-0.1, -0.05) is 36.4 Å². The number of fused-ring (bicyclic) bond motifs is 2. The molecule has 41 heavy (non-hydrogen) atoms. The number of anilines is 1. The molecule has 1 atom stereocenters. The maximum Gasteiger partial charge on any atom is 0.161 e. The van der Waals surface area contributed by atoms with Crippen LogP contribution in [0.3, 0.4) is 0 Å². The van der Waals surface area contributed by atoms with Crippen LogP contribution in [0.2, 0.25) is 0 Å². The maximum absolute atomic E-state index is 16.1. The van der Waals surface area contributed by atoms with Crippen LogP contribution >= 0.6 is 0 Å². The van der Waals surface area contributed by atoms with Gasteiger partial charge in [0.25, 0.3) is 0 Å². The first-order chi connectivity index (χ1) is 20.0. The Morgan fingerprint density at radius 1 is 1.00 bits per heavy atom. The SMILES string of the molecule is Cc1cn(-c2cccc3[nH]c(-c4n[nH]c5cnc(-c6cncc(NC(O)Cc7ccccc7)c6)c(F)c45)nc23)cn1. The molecule has 5 aromatic heterocycles. The molecule has 0 amide bonds. The lowest BCUT2D eigenvalue weighted by Gasteiger charge is -2.15. The van der Waals surface area contributed by atoms with Gasteiger partial charge in [-0.25, -0.2) is 14.4 Å². The van der Waals surface area contributed by atoms with Crippen LogP contribution in [0.4, 0.5) is 10.1 Å². The standard InChI is InChI=1S/C30H24FN9O/c1-17-15-40(16-34-17)23-9-5-8-21-28(23)37-30(36-21)29-25-22(38-39-29)14-33-27(26(25)31)19-11-20(13-32-12-19)35-24(41)10-18-6-3-2-4-7-18/h2-9,11-16,24,35,41H,10H2,1H3,(H,36,37)(H,38,39). The van der Waals surface area contributed by atoms with Crippen molar-refractivity contribution in [1.29, 1.82) is 0 Å². The third kappa shape index (κ3) is 4.57. The summed E-state index contributed by atoms with van der Waals surface area (Å²) in [5, 5.41) is 21.1. The molecule has 0 radical (unpaired) electrons. The van der Waals surface area contributed by atoms with Gasteiger partial charge in [-0.15, -0.1) is 0 Å². The van der Waals surface area contributed by atoms with Gasteiger partial charge in [0.2, 0.25) is 0 Å². The summed E-state index contributed by atoms with van der Waals surface area (Å²) in [5.74, 6) is -0.134. The van der Waals surface area contributed by atoms with Crippen LogP contribution in [-0.4, -0.2) is 51.0 Å². The molecule has 0 saturated carbocycles. The number of H-pyrrole nitrogens is 2. The van der Waals surface area contributed by atoms with Crippen LogP contribution < -0.4 is 5.32 Å². The van der Waals surface area contributed by atoms with Gasteiger partial charge in [-0.05, 0) is 30.7 Å². The highest BCUT2D eigenvalue weighted by molar-refractivity contribution is 5.96. The van der Waals surface area contributed by atoms with Crippen molar-refractivity contribution in [3.8, 4) is 28.5 Å². The van der Waals surface area contributed by atoms with E-state index in [2.05, 4.69) is 35.5 Å². The summed E-state index contributed by atoms with van der Waals surface area (Å²) in [6.07, 6.45) is 7.86. The van der Waals surface area contributed by atoms with Gasteiger partial charge in [0.1, 0.15) is 23.1 Å². The van der Waals surface area contributed by atoms with Crippen LogP contribution in [0.15, 0.2) is 85.7 Å². The molecular weight excluding hydrogens is 521 g/mol. The van der Waals surface area contributed by atoms with Crippen LogP contribution in [0.1, 0.15) is 11.3 Å². The predicted octanol–water partition coefficient (Wildman–Crippen LogP) is 5.17. The van der Waals surface area contributed by atoms with Gasteiger partial charge >= 0.3 is 0 Å². The highest BCUT2D eigenvalue weighted by Crippen LogP contribution is 2.33. The lowest BCUT2D eigenvalue weighted by molar-refractivity contribution is 0.204. The van der Waals surface area contributed by atoms with Crippen molar-refractivity contribution in [2.75, 3.05) is 5.32 Å². The largest absolute Gasteiger partial charge is 0.373 e. The number of aryl methyl sites for hydroxylation is 1. The fourth-order valence-electron chi connectivity index (χ4n) is 4.97. The minimum absolute atomic E-state index is 0.111. The van der Waals surface area contributed by atoms with Crippen molar-refractivity contribution in [3.05, 3.63) is 103 Å². The van der Waals surface area contributed by atoms with Gasteiger partial charge in [-0.2, -0.15) is 5.10 Å². The molecule has 0 spiro atoms.